The minimum absolute atomic E-state index is 0.0932. The van der Waals surface area contributed by atoms with Gasteiger partial charge in [-0.3, -0.25) is 0 Å². The molecule has 0 aliphatic carbocycles. The van der Waals surface area contributed by atoms with Crippen LogP contribution in [0.15, 0.2) is 18.2 Å². The summed E-state index contributed by atoms with van der Waals surface area (Å²) in [4.78, 5) is 0. The molecule has 0 saturated heterocycles. The quantitative estimate of drug-likeness (QED) is 0.702. The molecule has 0 heterocycles. The zero-order valence-electron chi connectivity index (χ0n) is 7.52. The highest BCUT2D eigenvalue weighted by Gasteiger charge is 2.03. The molecule has 13 heavy (non-hydrogen) atoms. The number of aryl methyl sites for hydroxylation is 1. The highest BCUT2D eigenvalue weighted by molar-refractivity contribution is 5.30. The Morgan fingerprint density at radius 1 is 1.38 bits per heavy atom. The molecule has 0 radical (unpaired) electrons. The maximum atomic E-state index is 13.0. The van der Waals surface area contributed by atoms with E-state index >= 15 is 0 Å². The molecule has 0 saturated carbocycles. The largest absolute Gasteiger partial charge is 0.488 e. The van der Waals surface area contributed by atoms with Crippen molar-refractivity contribution >= 4 is 0 Å². The van der Waals surface area contributed by atoms with Crippen LogP contribution in [-0.2, 0) is 6.42 Å². The normalized spacial score (nSPS) is 10.1. The molecule has 1 nitrogen and oxygen atoms in total. The van der Waals surface area contributed by atoms with Crippen molar-refractivity contribution < 1.29 is 13.5 Å². The second-order valence-electron chi connectivity index (χ2n) is 2.66. The summed E-state index contributed by atoms with van der Waals surface area (Å²) in [5, 5.41) is 0. The van der Waals surface area contributed by atoms with Crippen molar-refractivity contribution in [2.75, 3.05) is 13.3 Å². The van der Waals surface area contributed by atoms with Gasteiger partial charge in [-0.15, -0.1) is 0 Å². The predicted octanol–water partition coefficient (Wildman–Crippen LogP) is 2.74. The van der Waals surface area contributed by atoms with E-state index in [4.69, 9.17) is 4.74 Å². The van der Waals surface area contributed by atoms with Gasteiger partial charge in [0.25, 0.3) is 0 Å². The third-order valence-electron chi connectivity index (χ3n) is 1.74. The molecule has 0 aliphatic rings. The summed E-state index contributed by atoms with van der Waals surface area (Å²) in [6.45, 7) is 1.27. The summed E-state index contributed by atoms with van der Waals surface area (Å²) in [6.07, 6.45) is 0.812. The zero-order chi connectivity index (χ0) is 9.68. The van der Waals surface area contributed by atoms with Crippen molar-refractivity contribution in [2.45, 2.75) is 13.3 Å². The van der Waals surface area contributed by atoms with Gasteiger partial charge in [0.2, 0.25) is 0 Å². The number of hydrogen-bond donors (Lipinski definition) is 0. The molecular formula is C10H12F2O. The molecule has 72 valence electrons. The average molecular weight is 186 g/mol. The molecule has 0 bridgehead atoms. The molecule has 1 aromatic carbocycles. The van der Waals surface area contributed by atoms with E-state index < -0.39 is 12.5 Å². The Kier molecular flexibility index (Phi) is 3.68. The van der Waals surface area contributed by atoms with E-state index in [-0.39, 0.29) is 12.4 Å². The molecular weight excluding hydrogens is 174 g/mol. The van der Waals surface area contributed by atoms with E-state index in [2.05, 4.69) is 0 Å². The van der Waals surface area contributed by atoms with Crippen LogP contribution in [0, 0.1) is 5.82 Å². The summed E-state index contributed by atoms with van der Waals surface area (Å²) in [5.74, 6) is -0.303. The second kappa shape index (κ2) is 4.80. The zero-order valence-corrected chi connectivity index (χ0v) is 7.52. The van der Waals surface area contributed by atoms with Crippen molar-refractivity contribution in [1.82, 2.24) is 0 Å². The molecule has 0 unspecified atom stereocenters. The van der Waals surface area contributed by atoms with Gasteiger partial charge in [-0.05, 0) is 24.1 Å². The van der Waals surface area contributed by atoms with Gasteiger partial charge in [0.05, 0.1) is 0 Å². The standard InChI is InChI=1S/C10H12F2O/c1-2-8-3-4-9(12)10(7-8)13-6-5-11/h3-4,7H,2,5-6H2,1H3. The SMILES string of the molecule is CCc1ccc(F)c(OCCF)c1. The maximum absolute atomic E-state index is 13.0. The predicted molar refractivity (Wildman–Crippen MR) is 47.2 cm³/mol. The van der Waals surface area contributed by atoms with Gasteiger partial charge < -0.3 is 4.74 Å². The molecule has 0 aliphatic heterocycles. The van der Waals surface area contributed by atoms with Gasteiger partial charge >= 0.3 is 0 Å². The lowest BCUT2D eigenvalue weighted by molar-refractivity contribution is 0.262. The van der Waals surface area contributed by atoms with Gasteiger partial charge in [0.15, 0.2) is 11.6 Å². The number of halogens is 2. The molecule has 0 atom stereocenters. The molecule has 0 aromatic heterocycles. The lowest BCUT2D eigenvalue weighted by Gasteiger charge is -2.06. The fourth-order valence-corrected chi connectivity index (χ4v) is 1.03. The van der Waals surface area contributed by atoms with Crippen molar-refractivity contribution in [3.8, 4) is 5.75 Å². The summed E-state index contributed by atoms with van der Waals surface area (Å²) in [7, 11) is 0. The first kappa shape index (κ1) is 9.96. The fraction of sp³-hybridized carbons (Fsp3) is 0.400. The number of benzene rings is 1. The highest BCUT2D eigenvalue weighted by Crippen LogP contribution is 2.18. The summed E-state index contributed by atoms with van der Waals surface area (Å²) < 4.78 is 29.6. The third-order valence-corrected chi connectivity index (χ3v) is 1.74. The second-order valence-corrected chi connectivity index (χ2v) is 2.66. The Morgan fingerprint density at radius 2 is 2.15 bits per heavy atom. The minimum Gasteiger partial charge on any atom is -0.488 e. The Bertz CT molecular complexity index is 274. The molecule has 3 heteroatoms. The van der Waals surface area contributed by atoms with Crippen LogP contribution in [0.2, 0.25) is 0 Å². The first-order valence-corrected chi connectivity index (χ1v) is 4.25. The van der Waals surface area contributed by atoms with Crippen LogP contribution in [-0.4, -0.2) is 13.3 Å². The Morgan fingerprint density at radius 3 is 2.77 bits per heavy atom. The van der Waals surface area contributed by atoms with Gasteiger partial charge in [-0.25, -0.2) is 8.78 Å². The smallest absolute Gasteiger partial charge is 0.165 e. The topological polar surface area (TPSA) is 9.23 Å². The maximum Gasteiger partial charge on any atom is 0.165 e. The minimum atomic E-state index is -0.601. The molecule has 0 amide bonds. The van der Waals surface area contributed by atoms with Crippen molar-refractivity contribution in [2.24, 2.45) is 0 Å². The van der Waals surface area contributed by atoms with Crippen molar-refractivity contribution in [3.63, 3.8) is 0 Å². The number of alkyl halides is 1. The van der Waals surface area contributed by atoms with Crippen molar-refractivity contribution in [3.05, 3.63) is 29.6 Å². The fourth-order valence-electron chi connectivity index (χ4n) is 1.03. The van der Waals surface area contributed by atoms with Crippen LogP contribution >= 0.6 is 0 Å². The van der Waals surface area contributed by atoms with Gasteiger partial charge in [0.1, 0.15) is 13.3 Å². The number of ether oxygens (including phenoxy) is 1. The third kappa shape index (κ3) is 2.68. The molecule has 0 spiro atoms. The summed E-state index contributed by atoms with van der Waals surface area (Å²) in [5.41, 5.74) is 0.982. The Hall–Kier alpha value is -1.12. The lowest BCUT2D eigenvalue weighted by Crippen LogP contribution is -2.01. The van der Waals surface area contributed by atoms with E-state index in [0.29, 0.717) is 0 Å². The molecule has 1 aromatic rings. The van der Waals surface area contributed by atoms with Gasteiger partial charge in [0, 0.05) is 0 Å². The van der Waals surface area contributed by atoms with Crippen LogP contribution in [0.3, 0.4) is 0 Å². The van der Waals surface area contributed by atoms with Gasteiger partial charge in [-0.1, -0.05) is 13.0 Å². The Labute approximate surface area is 76.3 Å². The van der Waals surface area contributed by atoms with Crippen LogP contribution in [0.4, 0.5) is 8.78 Å². The average Bonchev–Trinajstić information content (AvgIpc) is 2.17. The highest BCUT2D eigenvalue weighted by atomic mass is 19.1. The van der Waals surface area contributed by atoms with Gasteiger partial charge in [-0.2, -0.15) is 0 Å². The first-order valence-electron chi connectivity index (χ1n) is 4.25. The summed E-state index contributed by atoms with van der Waals surface area (Å²) >= 11 is 0. The molecule has 1 rings (SSSR count). The van der Waals surface area contributed by atoms with E-state index in [9.17, 15) is 8.78 Å². The number of rotatable bonds is 4. The van der Waals surface area contributed by atoms with Crippen LogP contribution < -0.4 is 4.74 Å². The van der Waals surface area contributed by atoms with E-state index in [1.165, 1.54) is 6.07 Å². The van der Waals surface area contributed by atoms with Crippen LogP contribution in [0.5, 0.6) is 5.75 Å². The summed E-state index contributed by atoms with van der Waals surface area (Å²) in [6, 6.07) is 4.63. The van der Waals surface area contributed by atoms with E-state index in [1.54, 1.807) is 12.1 Å². The van der Waals surface area contributed by atoms with Crippen molar-refractivity contribution in [1.29, 1.82) is 0 Å². The van der Waals surface area contributed by atoms with Crippen LogP contribution in [0.25, 0.3) is 0 Å². The number of hydrogen-bond acceptors (Lipinski definition) is 1. The lowest BCUT2D eigenvalue weighted by atomic mass is 10.1. The molecule has 0 fully saturated rings. The Balaban J connectivity index is 2.78. The van der Waals surface area contributed by atoms with E-state index in [0.717, 1.165) is 12.0 Å². The first-order chi connectivity index (χ1) is 6.27. The molecule has 0 N–H and O–H groups in total. The monoisotopic (exact) mass is 186 g/mol. The van der Waals surface area contributed by atoms with Crippen LogP contribution in [0.1, 0.15) is 12.5 Å². The van der Waals surface area contributed by atoms with E-state index in [1.807, 2.05) is 6.92 Å².